The van der Waals surface area contributed by atoms with Crippen molar-refractivity contribution in [1.82, 2.24) is 0 Å². The van der Waals surface area contributed by atoms with Crippen LogP contribution in [0.2, 0.25) is 0 Å². The molecule has 10 heteroatoms. The van der Waals surface area contributed by atoms with Crippen LogP contribution in [0, 0.1) is 13.8 Å². The first kappa shape index (κ1) is 29.1. The topological polar surface area (TPSA) is 89.1 Å². The molecule has 0 saturated heterocycles. The molecule has 214 valence electrons. The highest BCUT2D eigenvalue weighted by Crippen LogP contribution is 2.35. The number of aryl methyl sites for hydroxylation is 2. The Morgan fingerprint density at radius 1 is 0.732 bits per heavy atom. The van der Waals surface area contributed by atoms with Gasteiger partial charge in [-0.25, -0.2) is 4.79 Å². The number of benzene rings is 4. The fourth-order valence-corrected chi connectivity index (χ4v) is 4.10. The van der Waals surface area contributed by atoms with E-state index in [4.69, 9.17) is 9.47 Å². The van der Waals surface area contributed by atoms with Crippen molar-refractivity contribution in [2.45, 2.75) is 40.0 Å². The van der Waals surface area contributed by atoms with Gasteiger partial charge in [-0.15, -0.1) is 13.2 Å². The van der Waals surface area contributed by atoms with Gasteiger partial charge in [0.15, 0.2) is 0 Å². The number of aromatic hydroxyl groups is 1. The van der Waals surface area contributed by atoms with Crippen molar-refractivity contribution in [3.05, 3.63) is 95.6 Å². The number of anilines is 2. The minimum atomic E-state index is -4.76. The number of phenols is 1. The van der Waals surface area contributed by atoms with Gasteiger partial charge in [0, 0.05) is 16.9 Å². The van der Waals surface area contributed by atoms with E-state index in [1.54, 1.807) is 48.5 Å². The maximum absolute atomic E-state index is 12.6. The molecule has 4 rings (SSSR count). The summed E-state index contributed by atoms with van der Waals surface area (Å²) < 4.78 is 52.5. The Balaban J connectivity index is 1.35. The summed E-state index contributed by atoms with van der Waals surface area (Å²) in [4.78, 5) is 12.6. The zero-order valence-electron chi connectivity index (χ0n) is 22.8. The first-order chi connectivity index (χ1) is 19.4. The molecule has 0 heterocycles. The van der Waals surface area contributed by atoms with Gasteiger partial charge in [-0.2, -0.15) is 0 Å². The van der Waals surface area contributed by atoms with Crippen LogP contribution in [0.15, 0.2) is 78.9 Å². The summed E-state index contributed by atoms with van der Waals surface area (Å²) in [5, 5.41) is 15.6. The van der Waals surface area contributed by atoms with Crippen LogP contribution < -0.4 is 24.8 Å². The molecule has 41 heavy (non-hydrogen) atoms. The molecule has 0 radical (unpaired) electrons. The summed E-state index contributed by atoms with van der Waals surface area (Å²) >= 11 is 0. The number of carbonyl (C=O) groups is 1. The lowest BCUT2D eigenvalue weighted by atomic mass is 10.0. The predicted octanol–water partition coefficient (Wildman–Crippen LogP) is 9.26. The summed E-state index contributed by atoms with van der Waals surface area (Å²) in [6.45, 7) is 7.74. The molecular weight excluding hydrogens is 537 g/mol. The number of ether oxygens (including phenoxy) is 3. The van der Waals surface area contributed by atoms with Crippen LogP contribution in [0.4, 0.5) is 29.3 Å². The number of nitrogens with one attached hydrogen (secondary N) is 2. The van der Waals surface area contributed by atoms with Gasteiger partial charge in [0.05, 0.1) is 0 Å². The Labute approximate surface area is 235 Å². The van der Waals surface area contributed by atoms with Gasteiger partial charge >= 0.3 is 12.4 Å². The lowest BCUT2D eigenvalue weighted by Gasteiger charge is -2.16. The molecule has 0 aliphatic carbocycles. The van der Waals surface area contributed by atoms with Crippen LogP contribution in [-0.4, -0.2) is 17.5 Å². The second-order valence-electron chi connectivity index (χ2n) is 9.64. The molecule has 0 aromatic heterocycles. The first-order valence-corrected chi connectivity index (χ1v) is 12.7. The zero-order chi connectivity index (χ0) is 29.7. The monoisotopic (exact) mass is 566 g/mol. The molecule has 0 aliphatic heterocycles. The Hall–Kier alpha value is -4.86. The van der Waals surface area contributed by atoms with Crippen LogP contribution in [0.1, 0.15) is 36.5 Å². The number of rotatable bonds is 8. The van der Waals surface area contributed by atoms with E-state index in [9.17, 15) is 23.1 Å². The normalized spacial score (nSPS) is 11.2. The smallest absolute Gasteiger partial charge is 0.508 e. The van der Waals surface area contributed by atoms with Crippen molar-refractivity contribution in [1.29, 1.82) is 0 Å². The SMILES string of the molecule is Cc1cc(NC(=O)Nc2ccc(Oc3ccc(OC(F)(F)F)cc3)cc2)cc(C)c1Oc1ccc(O)c(C(C)C)c1. The molecule has 0 atom stereocenters. The number of phenolic OH excluding ortho intramolecular Hbond substituents is 1. The third-order valence-corrected chi connectivity index (χ3v) is 5.96. The third kappa shape index (κ3) is 8.07. The number of urea groups is 1. The largest absolute Gasteiger partial charge is 0.573 e. The summed E-state index contributed by atoms with van der Waals surface area (Å²) in [5.74, 6) is 2.03. The van der Waals surface area contributed by atoms with Crippen molar-refractivity contribution in [2.24, 2.45) is 0 Å². The molecular formula is C31H29F3N2O5. The van der Waals surface area contributed by atoms with Gasteiger partial charge < -0.3 is 30.0 Å². The van der Waals surface area contributed by atoms with Crippen molar-refractivity contribution < 1.29 is 37.3 Å². The van der Waals surface area contributed by atoms with E-state index in [0.29, 0.717) is 34.4 Å². The van der Waals surface area contributed by atoms with Gasteiger partial charge in [0.1, 0.15) is 34.5 Å². The van der Waals surface area contributed by atoms with Crippen molar-refractivity contribution in [2.75, 3.05) is 10.6 Å². The Bertz CT molecular complexity index is 1500. The Morgan fingerprint density at radius 2 is 1.24 bits per heavy atom. The number of hydrogen-bond acceptors (Lipinski definition) is 5. The highest BCUT2D eigenvalue weighted by atomic mass is 19.4. The fourth-order valence-electron chi connectivity index (χ4n) is 4.10. The minimum absolute atomic E-state index is 0.136. The number of carbonyl (C=O) groups excluding carboxylic acids is 1. The zero-order valence-corrected chi connectivity index (χ0v) is 22.8. The number of alkyl halides is 3. The van der Waals surface area contributed by atoms with Gasteiger partial charge in [-0.3, -0.25) is 0 Å². The molecule has 2 amide bonds. The van der Waals surface area contributed by atoms with Gasteiger partial charge in [-0.1, -0.05) is 13.8 Å². The second kappa shape index (κ2) is 12.1. The number of halogens is 3. The van der Waals surface area contributed by atoms with E-state index >= 15 is 0 Å². The van der Waals surface area contributed by atoms with Crippen LogP contribution >= 0.6 is 0 Å². The number of hydrogen-bond donors (Lipinski definition) is 3. The standard InChI is InChI=1S/C31H29F3N2O5/c1-18(2)27-17-26(13-14-28(27)37)40-29-19(3)15-22(16-20(29)4)36-30(38)35-21-5-7-23(8-6-21)39-24-9-11-25(12-10-24)41-31(32,33)34/h5-18,37H,1-4H3,(H2,35,36,38). The molecule has 0 saturated carbocycles. The summed E-state index contributed by atoms with van der Waals surface area (Å²) in [6, 6.07) is 19.8. The van der Waals surface area contributed by atoms with Crippen molar-refractivity contribution in [3.8, 4) is 34.5 Å². The maximum Gasteiger partial charge on any atom is 0.573 e. The van der Waals surface area contributed by atoms with E-state index in [1.165, 1.54) is 12.1 Å². The molecule has 0 aliphatic rings. The molecule has 4 aromatic carbocycles. The van der Waals surface area contributed by atoms with Crippen LogP contribution in [0.25, 0.3) is 0 Å². The highest BCUT2D eigenvalue weighted by molar-refractivity contribution is 6.00. The van der Waals surface area contributed by atoms with Crippen molar-refractivity contribution >= 4 is 17.4 Å². The lowest BCUT2D eigenvalue weighted by Crippen LogP contribution is -2.19. The molecule has 3 N–H and O–H groups in total. The van der Waals surface area contributed by atoms with E-state index in [-0.39, 0.29) is 17.4 Å². The molecule has 0 fully saturated rings. The van der Waals surface area contributed by atoms with E-state index in [1.807, 2.05) is 33.8 Å². The molecule has 7 nitrogen and oxygen atoms in total. The Morgan fingerprint density at radius 3 is 1.80 bits per heavy atom. The van der Waals surface area contributed by atoms with Crippen LogP contribution in [0.3, 0.4) is 0 Å². The minimum Gasteiger partial charge on any atom is -0.508 e. The lowest BCUT2D eigenvalue weighted by molar-refractivity contribution is -0.274. The van der Waals surface area contributed by atoms with E-state index in [2.05, 4.69) is 15.4 Å². The van der Waals surface area contributed by atoms with Gasteiger partial charge in [-0.05, 0) is 110 Å². The average molecular weight is 567 g/mol. The van der Waals surface area contributed by atoms with Crippen LogP contribution in [0.5, 0.6) is 34.5 Å². The van der Waals surface area contributed by atoms with Gasteiger partial charge in [0.2, 0.25) is 0 Å². The van der Waals surface area contributed by atoms with Gasteiger partial charge in [0.25, 0.3) is 0 Å². The highest BCUT2D eigenvalue weighted by Gasteiger charge is 2.31. The van der Waals surface area contributed by atoms with Crippen LogP contribution in [-0.2, 0) is 0 Å². The fraction of sp³-hybridized carbons (Fsp3) is 0.194. The maximum atomic E-state index is 12.6. The molecule has 0 bridgehead atoms. The molecule has 0 unspecified atom stereocenters. The quantitative estimate of drug-likeness (QED) is 0.198. The molecule has 4 aromatic rings. The number of amides is 2. The first-order valence-electron chi connectivity index (χ1n) is 12.7. The summed E-state index contributed by atoms with van der Waals surface area (Å²) in [5.41, 5.74) is 3.51. The van der Waals surface area contributed by atoms with E-state index < -0.39 is 12.4 Å². The average Bonchev–Trinajstić information content (AvgIpc) is 2.88. The summed E-state index contributed by atoms with van der Waals surface area (Å²) in [7, 11) is 0. The third-order valence-electron chi connectivity index (χ3n) is 5.96. The van der Waals surface area contributed by atoms with Crippen molar-refractivity contribution in [3.63, 3.8) is 0 Å². The Kier molecular flexibility index (Phi) is 8.61. The second-order valence-corrected chi connectivity index (χ2v) is 9.64. The summed E-state index contributed by atoms with van der Waals surface area (Å²) in [6.07, 6.45) is -4.76. The van der Waals surface area contributed by atoms with E-state index in [0.717, 1.165) is 28.8 Å². The predicted molar refractivity (Wildman–Crippen MR) is 150 cm³/mol. The molecule has 0 spiro atoms.